The number of rotatable bonds is 8. The van der Waals surface area contributed by atoms with Crippen LogP contribution >= 0.6 is 23.2 Å². The molecule has 0 radical (unpaired) electrons. The van der Waals surface area contributed by atoms with E-state index in [1.165, 1.54) is 10.9 Å². The number of amides is 1. The highest BCUT2D eigenvalue weighted by Gasteiger charge is 2.16. The highest BCUT2D eigenvalue weighted by molar-refractivity contribution is 6.40. The second-order valence-electron chi connectivity index (χ2n) is 7.08. The molecule has 0 bridgehead atoms. The van der Waals surface area contributed by atoms with Crippen molar-refractivity contribution in [1.29, 1.82) is 0 Å². The van der Waals surface area contributed by atoms with Crippen LogP contribution in [0.2, 0.25) is 10.0 Å². The van der Waals surface area contributed by atoms with Crippen LogP contribution in [0.15, 0.2) is 67.4 Å². The van der Waals surface area contributed by atoms with Gasteiger partial charge >= 0.3 is 0 Å². The fourth-order valence-electron chi connectivity index (χ4n) is 3.31. The van der Waals surface area contributed by atoms with Crippen LogP contribution in [-0.2, 0) is 0 Å². The lowest BCUT2D eigenvalue weighted by molar-refractivity contribution is 0.0912. The molecule has 33 heavy (non-hydrogen) atoms. The Morgan fingerprint density at radius 1 is 0.939 bits per heavy atom. The summed E-state index contributed by atoms with van der Waals surface area (Å²) in [7, 11) is 0. The number of fused-ring (bicyclic) bond motifs is 1. The molecule has 1 amide bonds. The fraction of sp³-hybridized carbons (Fsp3) is 0.130. The Balaban J connectivity index is 1.42. The monoisotopic (exact) mass is 482 g/mol. The van der Waals surface area contributed by atoms with Gasteiger partial charge < -0.3 is 16.0 Å². The topological polar surface area (TPSA) is 101 Å². The van der Waals surface area contributed by atoms with Gasteiger partial charge in [0, 0.05) is 42.8 Å². The third-order valence-corrected chi connectivity index (χ3v) is 5.52. The molecule has 168 valence electrons. The number of anilines is 2. The van der Waals surface area contributed by atoms with Gasteiger partial charge in [-0.25, -0.2) is 4.98 Å². The minimum Gasteiger partial charge on any atom is -0.383 e. The van der Waals surface area contributed by atoms with Crippen LogP contribution in [0, 0.1) is 0 Å². The van der Waals surface area contributed by atoms with Gasteiger partial charge in [-0.2, -0.15) is 0 Å². The maximum Gasteiger partial charge on any atom is 0.258 e. The van der Waals surface area contributed by atoms with Crippen molar-refractivity contribution in [3.05, 3.63) is 83.0 Å². The maximum absolute atomic E-state index is 12.8. The maximum atomic E-state index is 12.8. The van der Waals surface area contributed by atoms with E-state index in [1.807, 2.05) is 18.2 Å². The second kappa shape index (κ2) is 10.4. The molecule has 0 aliphatic rings. The molecule has 3 N–H and O–H groups in total. The number of hydrogen-bond donors (Lipinski definition) is 3. The van der Waals surface area contributed by atoms with Gasteiger partial charge in [-0.15, -0.1) is 0 Å². The molecular formula is C23H20Cl2N6O2. The Morgan fingerprint density at radius 3 is 2.48 bits per heavy atom. The molecule has 2 aromatic heterocycles. The summed E-state index contributed by atoms with van der Waals surface area (Å²) in [5.74, 6) is -0.495. The Morgan fingerprint density at radius 2 is 1.73 bits per heavy atom. The van der Waals surface area contributed by atoms with Crippen LogP contribution in [0.1, 0.15) is 15.2 Å². The van der Waals surface area contributed by atoms with Gasteiger partial charge in [-0.1, -0.05) is 41.4 Å². The van der Waals surface area contributed by atoms with E-state index in [2.05, 4.69) is 25.9 Å². The van der Waals surface area contributed by atoms with E-state index in [0.717, 1.165) is 11.1 Å². The zero-order chi connectivity index (χ0) is 23.2. The van der Waals surface area contributed by atoms with Gasteiger partial charge in [-0.3, -0.25) is 19.1 Å². The van der Waals surface area contributed by atoms with Gasteiger partial charge in [0.25, 0.3) is 5.91 Å². The average molecular weight is 483 g/mol. The number of nitrogens with zero attached hydrogens (tertiary/aromatic N) is 3. The fourth-order valence-corrected chi connectivity index (χ4v) is 3.88. The second-order valence-corrected chi connectivity index (χ2v) is 7.89. The lowest BCUT2D eigenvalue weighted by atomic mass is 10.1. The van der Waals surface area contributed by atoms with E-state index in [0.29, 0.717) is 24.3 Å². The summed E-state index contributed by atoms with van der Waals surface area (Å²) in [6, 6.07) is 12.3. The molecule has 2 heterocycles. The summed E-state index contributed by atoms with van der Waals surface area (Å²) in [6.07, 6.45) is 6.31. The molecule has 10 heteroatoms. The number of benzene rings is 2. The Bertz CT molecular complexity index is 1270. The summed E-state index contributed by atoms with van der Waals surface area (Å²) in [4.78, 5) is 33.1. The number of para-hydroxylation sites is 1. The van der Waals surface area contributed by atoms with Crippen molar-refractivity contribution in [2.75, 3.05) is 30.3 Å². The molecule has 0 saturated heterocycles. The number of imidazole rings is 1. The van der Waals surface area contributed by atoms with Crippen molar-refractivity contribution in [2.24, 2.45) is 0 Å². The summed E-state index contributed by atoms with van der Waals surface area (Å²) in [5, 5.41) is 10.7. The Kier molecular flexibility index (Phi) is 7.19. The van der Waals surface area contributed by atoms with E-state index < -0.39 is 5.91 Å². The third-order valence-electron chi connectivity index (χ3n) is 4.89. The number of carbonyl (C=O) groups is 2. The largest absolute Gasteiger partial charge is 0.383 e. The van der Waals surface area contributed by atoms with Crippen LogP contribution in [0.3, 0.4) is 0 Å². The Labute approximate surface area is 199 Å². The molecule has 0 saturated carbocycles. The van der Waals surface area contributed by atoms with Crippen LogP contribution in [0.4, 0.5) is 11.4 Å². The first-order valence-electron chi connectivity index (χ1n) is 10.1. The number of aromatic nitrogens is 3. The highest BCUT2D eigenvalue weighted by atomic mass is 35.5. The van der Waals surface area contributed by atoms with Crippen molar-refractivity contribution in [2.45, 2.75) is 0 Å². The van der Waals surface area contributed by atoms with Crippen LogP contribution in [0.5, 0.6) is 0 Å². The van der Waals surface area contributed by atoms with E-state index in [-0.39, 0.29) is 28.1 Å². The smallest absolute Gasteiger partial charge is 0.258 e. The quantitative estimate of drug-likeness (QED) is 0.323. The number of hydrogen-bond acceptors (Lipinski definition) is 6. The molecule has 0 fully saturated rings. The van der Waals surface area contributed by atoms with Gasteiger partial charge in [0.2, 0.25) is 5.91 Å². The molecule has 0 spiro atoms. The number of pyridine rings is 1. The molecule has 4 rings (SSSR count). The molecule has 2 aromatic carbocycles. The molecular weight excluding hydrogens is 463 g/mol. The van der Waals surface area contributed by atoms with Crippen molar-refractivity contribution >= 4 is 57.3 Å². The zero-order valence-corrected chi connectivity index (χ0v) is 18.9. The van der Waals surface area contributed by atoms with Crippen molar-refractivity contribution in [3.63, 3.8) is 0 Å². The highest BCUT2D eigenvalue weighted by Crippen LogP contribution is 2.29. The lowest BCUT2D eigenvalue weighted by Crippen LogP contribution is -2.30. The molecule has 8 nitrogen and oxygen atoms in total. The normalized spacial score (nSPS) is 10.8. The number of nitrogens with one attached hydrogen (secondary N) is 3. The standard InChI is InChI=1S/C23H20Cl2N6O2/c24-16-4-2-5-17(25)21(16)23(33)30-19-6-1-3-15-18(7-8-29-22(15)19)28-10-9-26-13-20(32)31-12-11-27-14-31/h1-8,11-12,14,26H,9-10,13H2,(H,28,29)(H,30,33). The first-order chi connectivity index (χ1) is 16.0. The molecule has 0 unspecified atom stereocenters. The summed E-state index contributed by atoms with van der Waals surface area (Å²) in [6.45, 7) is 1.36. The summed E-state index contributed by atoms with van der Waals surface area (Å²) >= 11 is 12.3. The molecule has 0 atom stereocenters. The molecule has 0 aliphatic heterocycles. The van der Waals surface area contributed by atoms with E-state index in [4.69, 9.17) is 23.2 Å². The van der Waals surface area contributed by atoms with E-state index >= 15 is 0 Å². The van der Waals surface area contributed by atoms with Crippen molar-refractivity contribution in [3.8, 4) is 0 Å². The van der Waals surface area contributed by atoms with Crippen LogP contribution in [0.25, 0.3) is 10.9 Å². The van der Waals surface area contributed by atoms with E-state index in [9.17, 15) is 9.59 Å². The predicted octanol–water partition coefficient (Wildman–Crippen LogP) is 4.33. The SMILES string of the molecule is O=C(Nc1cccc2c(NCCNCC(=O)n3ccnc3)ccnc12)c1c(Cl)cccc1Cl. The van der Waals surface area contributed by atoms with Gasteiger partial charge in [0.15, 0.2) is 0 Å². The summed E-state index contributed by atoms with van der Waals surface area (Å²) < 4.78 is 1.43. The first-order valence-corrected chi connectivity index (χ1v) is 10.9. The zero-order valence-electron chi connectivity index (χ0n) is 17.4. The predicted molar refractivity (Wildman–Crippen MR) is 130 cm³/mol. The van der Waals surface area contributed by atoms with Crippen molar-refractivity contribution < 1.29 is 9.59 Å². The molecule has 4 aromatic rings. The van der Waals surface area contributed by atoms with E-state index in [1.54, 1.807) is 42.9 Å². The molecule has 0 aliphatic carbocycles. The number of halogens is 2. The minimum atomic E-state index is -0.412. The number of carbonyl (C=O) groups excluding carboxylic acids is 2. The van der Waals surface area contributed by atoms with Crippen LogP contribution in [-0.4, -0.2) is 46.0 Å². The van der Waals surface area contributed by atoms with Crippen LogP contribution < -0.4 is 16.0 Å². The lowest BCUT2D eigenvalue weighted by Gasteiger charge is -2.13. The first kappa shape index (κ1) is 22.7. The van der Waals surface area contributed by atoms with Gasteiger partial charge in [0.05, 0.1) is 33.4 Å². The van der Waals surface area contributed by atoms with Gasteiger partial charge in [-0.05, 0) is 24.3 Å². The third kappa shape index (κ3) is 5.31. The Hall–Kier alpha value is -3.46. The van der Waals surface area contributed by atoms with Crippen molar-refractivity contribution in [1.82, 2.24) is 19.9 Å². The average Bonchev–Trinajstić information content (AvgIpc) is 3.34. The minimum absolute atomic E-state index is 0.0825. The summed E-state index contributed by atoms with van der Waals surface area (Å²) in [5.41, 5.74) is 2.24. The van der Waals surface area contributed by atoms with Gasteiger partial charge in [0.1, 0.15) is 6.33 Å².